The summed E-state index contributed by atoms with van der Waals surface area (Å²) < 4.78 is 5.28. The van der Waals surface area contributed by atoms with Crippen LogP contribution in [0.15, 0.2) is 18.2 Å². The first kappa shape index (κ1) is 9.36. The van der Waals surface area contributed by atoms with E-state index < -0.39 is 0 Å². The monoisotopic (exact) mass is 185 g/mol. The normalized spacial score (nSPS) is 9.92. The number of aryl methyl sites for hydroxylation is 1. The van der Waals surface area contributed by atoms with Crippen LogP contribution in [0.5, 0.6) is 5.75 Å². The Labute approximate surface area is 77.3 Å². The van der Waals surface area contributed by atoms with Crippen LogP contribution >= 0.6 is 11.6 Å². The fourth-order valence-electron chi connectivity index (χ4n) is 0.840. The highest BCUT2D eigenvalue weighted by molar-refractivity contribution is 6.31. The van der Waals surface area contributed by atoms with Crippen molar-refractivity contribution < 1.29 is 4.74 Å². The van der Waals surface area contributed by atoms with E-state index >= 15 is 0 Å². The van der Waals surface area contributed by atoms with E-state index in [1.807, 2.05) is 19.1 Å². The number of nitrogens with two attached hydrogens (primary N) is 1. The second-order valence-electron chi connectivity index (χ2n) is 2.55. The van der Waals surface area contributed by atoms with Crippen LogP contribution in [0.4, 0.5) is 0 Å². The van der Waals surface area contributed by atoms with Crippen molar-refractivity contribution in [3.05, 3.63) is 28.8 Å². The summed E-state index contributed by atoms with van der Waals surface area (Å²) in [5.74, 6) is 0.774. The first-order chi connectivity index (χ1) is 5.74. The van der Waals surface area contributed by atoms with Crippen LogP contribution in [-0.2, 0) is 0 Å². The molecule has 1 aromatic rings. The molecular formula is C9H12ClNO. The van der Waals surface area contributed by atoms with Gasteiger partial charge in [0.25, 0.3) is 0 Å². The minimum atomic E-state index is 0.519. The molecule has 0 saturated heterocycles. The maximum atomic E-state index is 5.88. The predicted octanol–water partition coefficient (Wildman–Crippen LogP) is 1.99. The Bertz CT molecular complexity index is 263. The van der Waals surface area contributed by atoms with E-state index in [4.69, 9.17) is 22.1 Å². The smallest absolute Gasteiger partial charge is 0.120 e. The van der Waals surface area contributed by atoms with Gasteiger partial charge in [-0.05, 0) is 24.6 Å². The second kappa shape index (κ2) is 4.33. The molecule has 0 amide bonds. The standard InChI is InChI=1S/C9H12ClNO/c1-7-2-3-8(6-9(7)10)12-5-4-11/h2-3,6H,4-5,11H2,1H3. The molecule has 1 aromatic carbocycles. The van der Waals surface area contributed by atoms with Gasteiger partial charge in [0.2, 0.25) is 0 Å². The van der Waals surface area contributed by atoms with Crippen LogP contribution in [0.25, 0.3) is 0 Å². The summed E-state index contributed by atoms with van der Waals surface area (Å²) in [5.41, 5.74) is 6.34. The lowest BCUT2D eigenvalue weighted by atomic mass is 10.2. The minimum Gasteiger partial charge on any atom is -0.492 e. The zero-order chi connectivity index (χ0) is 8.97. The van der Waals surface area contributed by atoms with Gasteiger partial charge in [-0.1, -0.05) is 17.7 Å². The molecule has 1 rings (SSSR count). The SMILES string of the molecule is Cc1ccc(OCCN)cc1Cl. The molecule has 0 spiro atoms. The molecule has 12 heavy (non-hydrogen) atoms. The van der Waals surface area contributed by atoms with Gasteiger partial charge in [-0.2, -0.15) is 0 Å². The van der Waals surface area contributed by atoms with Gasteiger partial charge in [-0.25, -0.2) is 0 Å². The zero-order valence-electron chi connectivity index (χ0n) is 7.01. The van der Waals surface area contributed by atoms with Gasteiger partial charge in [0, 0.05) is 11.6 Å². The van der Waals surface area contributed by atoms with E-state index in [-0.39, 0.29) is 0 Å². The Morgan fingerprint density at radius 1 is 1.50 bits per heavy atom. The van der Waals surface area contributed by atoms with E-state index in [0.29, 0.717) is 13.2 Å². The van der Waals surface area contributed by atoms with E-state index in [2.05, 4.69) is 0 Å². The third-order valence-corrected chi connectivity index (χ3v) is 1.94. The maximum absolute atomic E-state index is 5.88. The van der Waals surface area contributed by atoms with Crippen molar-refractivity contribution in [1.29, 1.82) is 0 Å². The molecule has 66 valence electrons. The van der Waals surface area contributed by atoms with Crippen LogP contribution in [0.3, 0.4) is 0 Å². The van der Waals surface area contributed by atoms with Gasteiger partial charge < -0.3 is 10.5 Å². The first-order valence-corrected chi connectivity index (χ1v) is 4.21. The van der Waals surface area contributed by atoms with Crippen LogP contribution in [0.1, 0.15) is 5.56 Å². The highest BCUT2D eigenvalue weighted by Gasteiger charge is 1.97. The van der Waals surface area contributed by atoms with E-state index in [1.165, 1.54) is 0 Å². The number of hydrogen-bond donors (Lipinski definition) is 1. The average Bonchev–Trinajstić information content (AvgIpc) is 2.07. The van der Waals surface area contributed by atoms with Crippen molar-refractivity contribution in [3.63, 3.8) is 0 Å². The molecule has 0 radical (unpaired) electrons. The van der Waals surface area contributed by atoms with Crippen LogP contribution < -0.4 is 10.5 Å². The van der Waals surface area contributed by atoms with Crippen molar-refractivity contribution >= 4 is 11.6 Å². The number of rotatable bonds is 3. The number of hydrogen-bond acceptors (Lipinski definition) is 2. The molecule has 0 aromatic heterocycles. The molecule has 0 saturated carbocycles. The zero-order valence-corrected chi connectivity index (χ0v) is 7.77. The summed E-state index contributed by atoms with van der Waals surface area (Å²) in [6, 6.07) is 5.61. The number of halogens is 1. The summed E-state index contributed by atoms with van der Waals surface area (Å²) in [6.45, 7) is 3.00. The van der Waals surface area contributed by atoms with E-state index in [9.17, 15) is 0 Å². The molecule has 0 fully saturated rings. The Morgan fingerprint density at radius 2 is 2.25 bits per heavy atom. The molecule has 0 aliphatic rings. The summed E-state index contributed by atoms with van der Waals surface area (Å²) in [7, 11) is 0. The van der Waals surface area contributed by atoms with Crippen LogP contribution in [-0.4, -0.2) is 13.2 Å². The predicted molar refractivity (Wildman–Crippen MR) is 50.7 cm³/mol. The van der Waals surface area contributed by atoms with Crippen LogP contribution in [0, 0.1) is 6.92 Å². The summed E-state index contributed by atoms with van der Waals surface area (Å²) >= 11 is 5.88. The summed E-state index contributed by atoms with van der Waals surface area (Å²) in [5, 5.41) is 0.726. The molecule has 2 nitrogen and oxygen atoms in total. The molecular weight excluding hydrogens is 174 g/mol. The van der Waals surface area contributed by atoms with E-state index in [0.717, 1.165) is 16.3 Å². The lowest BCUT2D eigenvalue weighted by Gasteiger charge is -2.05. The fraction of sp³-hybridized carbons (Fsp3) is 0.333. The first-order valence-electron chi connectivity index (χ1n) is 3.83. The third-order valence-electron chi connectivity index (χ3n) is 1.53. The van der Waals surface area contributed by atoms with Crippen molar-refractivity contribution in [2.75, 3.05) is 13.2 Å². The molecule has 0 aliphatic heterocycles. The fourth-order valence-corrected chi connectivity index (χ4v) is 1.01. The molecule has 0 aliphatic carbocycles. The molecule has 2 N–H and O–H groups in total. The number of ether oxygens (including phenoxy) is 1. The molecule has 3 heteroatoms. The second-order valence-corrected chi connectivity index (χ2v) is 2.96. The molecule has 0 atom stereocenters. The van der Waals surface area contributed by atoms with Gasteiger partial charge in [-0.15, -0.1) is 0 Å². The molecule has 0 bridgehead atoms. The Morgan fingerprint density at radius 3 is 2.83 bits per heavy atom. The topological polar surface area (TPSA) is 35.2 Å². The summed E-state index contributed by atoms with van der Waals surface area (Å²) in [6.07, 6.45) is 0. The van der Waals surface area contributed by atoms with Crippen molar-refractivity contribution in [2.24, 2.45) is 5.73 Å². The van der Waals surface area contributed by atoms with Crippen molar-refractivity contribution in [1.82, 2.24) is 0 Å². The van der Waals surface area contributed by atoms with Gasteiger partial charge in [-0.3, -0.25) is 0 Å². The van der Waals surface area contributed by atoms with Crippen molar-refractivity contribution in [3.8, 4) is 5.75 Å². The Kier molecular flexibility index (Phi) is 3.38. The lowest BCUT2D eigenvalue weighted by Crippen LogP contribution is -2.10. The van der Waals surface area contributed by atoms with Gasteiger partial charge >= 0.3 is 0 Å². The molecule has 0 unspecified atom stereocenters. The Hall–Kier alpha value is -0.730. The van der Waals surface area contributed by atoms with Gasteiger partial charge in [0.15, 0.2) is 0 Å². The Balaban J connectivity index is 2.69. The quantitative estimate of drug-likeness (QED) is 0.782. The largest absolute Gasteiger partial charge is 0.492 e. The maximum Gasteiger partial charge on any atom is 0.120 e. The van der Waals surface area contributed by atoms with Crippen LogP contribution in [0.2, 0.25) is 5.02 Å². The highest BCUT2D eigenvalue weighted by atomic mass is 35.5. The van der Waals surface area contributed by atoms with Gasteiger partial charge in [0.05, 0.1) is 0 Å². The summed E-state index contributed by atoms with van der Waals surface area (Å²) in [4.78, 5) is 0. The number of benzene rings is 1. The third kappa shape index (κ3) is 2.40. The van der Waals surface area contributed by atoms with Gasteiger partial charge in [0.1, 0.15) is 12.4 Å². The van der Waals surface area contributed by atoms with Crippen molar-refractivity contribution in [2.45, 2.75) is 6.92 Å². The highest BCUT2D eigenvalue weighted by Crippen LogP contribution is 2.21. The molecule has 0 heterocycles. The minimum absolute atomic E-state index is 0.519. The van der Waals surface area contributed by atoms with E-state index in [1.54, 1.807) is 6.07 Å². The lowest BCUT2D eigenvalue weighted by molar-refractivity contribution is 0.328. The average molecular weight is 186 g/mol.